The molecule has 2 aromatic carbocycles. The van der Waals surface area contributed by atoms with Crippen LogP contribution in [0.25, 0.3) is 21.1 Å². The molecule has 6 heteroatoms. The zero-order valence-corrected chi connectivity index (χ0v) is 15.0. The third-order valence-electron chi connectivity index (χ3n) is 3.95. The van der Waals surface area contributed by atoms with Gasteiger partial charge in [-0.05, 0) is 37.3 Å². The van der Waals surface area contributed by atoms with Gasteiger partial charge in [0.05, 0.1) is 15.7 Å². The van der Waals surface area contributed by atoms with Crippen molar-refractivity contribution in [2.24, 2.45) is 0 Å². The van der Waals surface area contributed by atoms with Crippen molar-refractivity contribution in [3.05, 3.63) is 65.3 Å². The number of amides is 1. The standard InChI is InChI=1S/C19H14ClN3OS/c1-2-23(19-22-16-11-13(20)8-10-17(16)25-19)18(24)15-9-7-12-5-3-4-6-14(12)21-15/h3-11H,2H2,1H3. The molecule has 0 radical (unpaired) electrons. The van der Waals surface area contributed by atoms with Crippen LogP contribution < -0.4 is 4.90 Å². The fourth-order valence-electron chi connectivity index (χ4n) is 2.69. The fourth-order valence-corrected chi connectivity index (χ4v) is 3.87. The van der Waals surface area contributed by atoms with E-state index in [2.05, 4.69) is 9.97 Å². The topological polar surface area (TPSA) is 46.1 Å². The molecule has 2 heterocycles. The normalized spacial score (nSPS) is 11.1. The van der Waals surface area contributed by atoms with Gasteiger partial charge in [-0.25, -0.2) is 9.97 Å². The van der Waals surface area contributed by atoms with Gasteiger partial charge in [0, 0.05) is 17.0 Å². The minimum absolute atomic E-state index is 0.154. The molecule has 2 aromatic heterocycles. The van der Waals surface area contributed by atoms with Gasteiger partial charge in [0.2, 0.25) is 0 Å². The van der Waals surface area contributed by atoms with Gasteiger partial charge >= 0.3 is 0 Å². The molecule has 0 unspecified atom stereocenters. The van der Waals surface area contributed by atoms with Gasteiger partial charge in [0.25, 0.3) is 5.91 Å². The first-order chi connectivity index (χ1) is 12.2. The molecule has 25 heavy (non-hydrogen) atoms. The first-order valence-electron chi connectivity index (χ1n) is 7.89. The van der Waals surface area contributed by atoms with Crippen LogP contribution in [-0.4, -0.2) is 22.4 Å². The molecule has 0 aliphatic carbocycles. The first kappa shape index (κ1) is 16.0. The number of pyridine rings is 1. The molecule has 4 aromatic rings. The van der Waals surface area contributed by atoms with Gasteiger partial charge in [0.1, 0.15) is 5.69 Å². The molecule has 0 saturated heterocycles. The van der Waals surface area contributed by atoms with E-state index in [0.717, 1.165) is 21.1 Å². The van der Waals surface area contributed by atoms with Crippen LogP contribution in [0, 0.1) is 0 Å². The number of hydrogen-bond donors (Lipinski definition) is 0. The number of hydrogen-bond acceptors (Lipinski definition) is 4. The van der Waals surface area contributed by atoms with Gasteiger partial charge < -0.3 is 0 Å². The molecule has 0 atom stereocenters. The molecule has 0 aliphatic rings. The van der Waals surface area contributed by atoms with Gasteiger partial charge in [-0.3, -0.25) is 9.69 Å². The van der Waals surface area contributed by atoms with Crippen LogP contribution in [0.15, 0.2) is 54.6 Å². The highest BCUT2D eigenvalue weighted by atomic mass is 35.5. The van der Waals surface area contributed by atoms with E-state index < -0.39 is 0 Å². The number of carbonyl (C=O) groups is 1. The summed E-state index contributed by atoms with van der Waals surface area (Å²) in [6, 6.07) is 17.0. The monoisotopic (exact) mass is 367 g/mol. The van der Waals surface area contributed by atoms with Crippen LogP contribution in [0.5, 0.6) is 0 Å². The minimum atomic E-state index is -0.154. The number of rotatable bonds is 3. The zero-order chi connectivity index (χ0) is 17.4. The van der Waals surface area contributed by atoms with E-state index in [1.165, 1.54) is 11.3 Å². The molecule has 1 amide bonds. The molecule has 0 aliphatic heterocycles. The Morgan fingerprint density at radius 1 is 1.08 bits per heavy atom. The second-order valence-electron chi connectivity index (χ2n) is 5.55. The molecular weight excluding hydrogens is 354 g/mol. The molecule has 0 saturated carbocycles. The van der Waals surface area contributed by atoms with Crippen molar-refractivity contribution < 1.29 is 4.79 Å². The van der Waals surface area contributed by atoms with Crippen molar-refractivity contribution >= 4 is 55.1 Å². The maximum Gasteiger partial charge on any atom is 0.278 e. The van der Waals surface area contributed by atoms with E-state index in [4.69, 9.17) is 11.6 Å². The Hall–Kier alpha value is -2.50. The summed E-state index contributed by atoms with van der Waals surface area (Å²) in [6.07, 6.45) is 0. The summed E-state index contributed by atoms with van der Waals surface area (Å²) >= 11 is 7.50. The molecule has 124 valence electrons. The summed E-state index contributed by atoms with van der Waals surface area (Å²) < 4.78 is 0.997. The largest absolute Gasteiger partial charge is 0.283 e. The minimum Gasteiger partial charge on any atom is -0.283 e. The Labute approximate surface area is 153 Å². The lowest BCUT2D eigenvalue weighted by Crippen LogP contribution is -2.31. The van der Waals surface area contributed by atoms with E-state index >= 15 is 0 Å². The molecule has 0 fully saturated rings. The number of benzene rings is 2. The van der Waals surface area contributed by atoms with Gasteiger partial charge in [0.15, 0.2) is 5.13 Å². The van der Waals surface area contributed by atoms with E-state index in [0.29, 0.717) is 22.4 Å². The number of anilines is 1. The van der Waals surface area contributed by atoms with E-state index in [9.17, 15) is 4.79 Å². The Morgan fingerprint density at radius 2 is 1.92 bits per heavy atom. The van der Waals surface area contributed by atoms with Crippen LogP contribution in [0.4, 0.5) is 5.13 Å². The highest BCUT2D eigenvalue weighted by Gasteiger charge is 2.21. The van der Waals surface area contributed by atoms with Crippen molar-refractivity contribution in [1.82, 2.24) is 9.97 Å². The Kier molecular flexibility index (Phi) is 4.11. The zero-order valence-electron chi connectivity index (χ0n) is 13.4. The van der Waals surface area contributed by atoms with E-state index in [1.807, 2.05) is 55.5 Å². The second-order valence-corrected chi connectivity index (χ2v) is 6.99. The van der Waals surface area contributed by atoms with E-state index in [-0.39, 0.29) is 5.91 Å². The van der Waals surface area contributed by atoms with Crippen molar-refractivity contribution in [3.8, 4) is 0 Å². The number of nitrogens with zero attached hydrogens (tertiary/aromatic N) is 3. The maximum absolute atomic E-state index is 13.0. The average molecular weight is 368 g/mol. The van der Waals surface area contributed by atoms with Gasteiger partial charge in [-0.1, -0.05) is 47.2 Å². The predicted molar refractivity (Wildman–Crippen MR) is 104 cm³/mol. The lowest BCUT2D eigenvalue weighted by Gasteiger charge is -2.17. The molecule has 4 nitrogen and oxygen atoms in total. The molecule has 0 bridgehead atoms. The summed E-state index contributed by atoms with van der Waals surface area (Å²) in [4.78, 5) is 23.7. The average Bonchev–Trinajstić information content (AvgIpc) is 3.04. The summed E-state index contributed by atoms with van der Waals surface area (Å²) in [5, 5.41) is 2.30. The number of halogens is 1. The number of aromatic nitrogens is 2. The summed E-state index contributed by atoms with van der Waals surface area (Å²) in [7, 11) is 0. The quantitative estimate of drug-likeness (QED) is 0.502. The number of para-hydroxylation sites is 1. The van der Waals surface area contributed by atoms with Crippen LogP contribution in [0.2, 0.25) is 5.02 Å². The van der Waals surface area contributed by atoms with Crippen molar-refractivity contribution in [3.63, 3.8) is 0 Å². The third kappa shape index (κ3) is 2.97. The summed E-state index contributed by atoms with van der Waals surface area (Å²) in [5.41, 5.74) is 2.02. The van der Waals surface area contributed by atoms with Gasteiger partial charge in [-0.15, -0.1) is 0 Å². The van der Waals surface area contributed by atoms with Crippen molar-refractivity contribution in [2.45, 2.75) is 6.92 Å². The number of carbonyl (C=O) groups excluding carboxylic acids is 1. The predicted octanol–water partition coefficient (Wildman–Crippen LogP) is 5.16. The smallest absolute Gasteiger partial charge is 0.278 e. The second kappa shape index (κ2) is 6.43. The first-order valence-corrected chi connectivity index (χ1v) is 9.09. The Morgan fingerprint density at radius 3 is 2.76 bits per heavy atom. The highest BCUT2D eigenvalue weighted by molar-refractivity contribution is 7.22. The third-order valence-corrected chi connectivity index (χ3v) is 5.24. The van der Waals surface area contributed by atoms with Crippen LogP contribution >= 0.6 is 22.9 Å². The molecule has 0 spiro atoms. The lowest BCUT2D eigenvalue weighted by atomic mass is 10.2. The maximum atomic E-state index is 13.0. The van der Waals surface area contributed by atoms with Gasteiger partial charge in [-0.2, -0.15) is 0 Å². The number of fused-ring (bicyclic) bond motifs is 2. The van der Waals surface area contributed by atoms with E-state index in [1.54, 1.807) is 11.0 Å². The molecule has 0 N–H and O–H groups in total. The Bertz CT molecular complexity index is 1090. The number of thiazole rings is 1. The lowest BCUT2D eigenvalue weighted by molar-refractivity contribution is 0.0984. The molecular formula is C19H14ClN3OS. The highest BCUT2D eigenvalue weighted by Crippen LogP contribution is 2.31. The SMILES string of the molecule is CCN(C(=O)c1ccc2ccccc2n1)c1nc2cc(Cl)ccc2s1. The van der Waals surface area contributed by atoms with Crippen LogP contribution in [0.3, 0.4) is 0 Å². The fraction of sp³-hybridized carbons (Fsp3) is 0.105. The van der Waals surface area contributed by atoms with Crippen LogP contribution in [0.1, 0.15) is 17.4 Å². The van der Waals surface area contributed by atoms with Crippen molar-refractivity contribution in [1.29, 1.82) is 0 Å². The summed E-state index contributed by atoms with van der Waals surface area (Å²) in [5.74, 6) is -0.154. The summed E-state index contributed by atoms with van der Waals surface area (Å²) in [6.45, 7) is 2.44. The van der Waals surface area contributed by atoms with Crippen molar-refractivity contribution in [2.75, 3.05) is 11.4 Å². The Balaban J connectivity index is 1.74. The van der Waals surface area contributed by atoms with Crippen LogP contribution in [-0.2, 0) is 0 Å². The molecule has 4 rings (SSSR count).